The topological polar surface area (TPSA) is 40.7 Å². The predicted octanol–water partition coefficient (Wildman–Crippen LogP) is 3.93. The SMILES string of the molecule is Cc1cc(CNc2nc3ccccc3[nH]2)cc(C)c1F. The lowest BCUT2D eigenvalue weighted by molar-refractivity contribution is 0.608. The molecule has 2 N–H and O–H groups in total. The number of aryl methyl sites for hydroxylation is 2. The summed E-state index contributed by atoms with van der Waals surface area (Å²) in [5, 5.41) is 3.24. The number of aromatic amines is 1. The molecule has 1 aromatic heterocycles. The number of anilines is 1. The summed E-state index contributed by atoms with van der Waals surface area (Å²) in [6.07, 6.45) is 0. The number of hydrogen-bond donors (Lipinski definition) is 2. The first-order valence-electron chi connectivity index (χ1n) is 6.58. The molecule has 0 spiro atoms. The lowest BCUT2D eigenvalue weighted by Gasteiger charge is -2.07. The second kappa shape index (κ2) is 4.96. The van der Waals surface area contributed by atoms with Crippen LogP contribution in [0.25, 0.3) is 11.0 Å². The number of imidazole rings is 1. The van der Waals surface area contributed by atoms with E-state index in [2.05, 4.69) is 15.3 Å². The van der Waals surface area contributed by atoms with Crippen LogP contribution in [-0.4, -0.2) is 9.97 Å². The third kappa shape index (κ3) is 2.37. The summed E-state index contributed by atoms with van der Waals surface area (Å²) < 4.78 is 13.6. The molecule has 0 fully saturated rings. The zero-order valence-corrected chi connectivity index (χ0v) is 11.5. The Labute approximate surface area is 116 Å². The summed E-state index contributed by atoms with van der Waals surface area (Å²) in [7, 11) is 0. The first kappa shape index (κ1) is 12.7. The van der Waals surface area contributed by atoms with Crippen LogP contribution in [0.5, 0.6) is 0 Å². The van der Waals surface area contributed by atoms with Gasteiger partial charge in [-0.25, -0.2) is 9.37 Å². The molecular weight excluding hydrogens is 253 g/mol. The van der Waals surface area contributed by atoms with E-state index in [1.165, 1.54) is 0 Å². The standard InChI is InChI=1S/C16H16FN3/c1-10-7-12(8-11(2)15(10)17)9-18-16-19-13-5-3-4-6-14(13)20-16/h3-8H,9H2,1-2H3,(H2,18,19,20). The highest BCUT2D eigenvalue weighted by atomic mass is 19.1. The first-order chi connectivity index (χ1) is 9.63. The van der Waals surface area contributed by atoms with Gasteiger partial charge in [-0.3, -0.25) is 0 Å². The van der Waals surface area contributed by atoms with E-state index < -0.39 is 0 Å². The first-order valence-corrected chi connectivity index (χ1v) is 6.58. The molecule has 0 atom stereocenters. The molecule has 3 rings (SSSR count). The number of aromatic nitrogens is 2. The van der Waals surface area contributed by atoms with Gasteiger partial charge in [-0.05, 0) is 42.7 Å². The van der Waals surface area contributed by atoms with Gasteiger partial charge in [0, 0.05) is 6.54 Å². The van der Waals surface area contributed by atoms with Crippen LogP contribution < -0.4 is 5.32 Å². The lowest BCUT2D eigenvalue weighted by Crippen LogP contribution is -2.02. The molecule has 0 amide bonds. The average molecular weight is 269 g/mol. The Morgan fingerprint density at radius 1 is 1.15 bits per heavy atom. The van der Waals surface area contributed by atoms with Gasteiger partial charge in [-0.1, -0.05) is 24.3 Å². The number of halogens is 1. The van der Waals surface area contributed by atoms with Crippen molar-refractivity contribution in [1.29, 1.82) is 0 Å². The summed E-state index contributed by atoms with van der Waals surface area (Å²) in [4.78, 5) is 7.66. The molecular formula is C16H16FN3. The van der Waals surface area contributed by atoms with Crippen LogP contribution in [0.3, 0.4) is 0 Å². The fraction of sp³-hybridized carbons (Fsp3) is 0.188. The van der Waals surface area contributed by atoms with Crippen LogP contribution in [-0.2, 0) is 6.54 Å². The van der Waals surface area contributed by atoms with Crippen LogP contribution >= 0.6 is 0 Å². The third-order valence-electron chi connectivity index (χ3n) is 3.35. The van der Waals surface area contributed by atoms with Gasteiger partial charge in [-0.2, -0.15) is 0 Å². The van der Waals surface area contributed by atoms with Crippen molar-refractivity contribution in [2.75, 3.05) is 5.32 Å². The van der Waals surface area contributed by atoms with Crippen molar-refractivity contribution in [3.8, 4) is 0 Å². The van der Waals surface area contributed by atoms with E-state index in [4.69, 9.17) is 0 Å². The molecule has 0 unspecified atom stereocenters. The Kier molecular flexibility index (Phi) is 3.14. The summed E-state index contributed by atoms with van der Waals surface area (Å²) in [6.45, 7) is 4.18. The average Bonchev–Trinajstić information content (AvgIpc) is 2.85. The zero-order valence-electron chi connectivity index (χ0n) is 11.5. The Balaban J connectivity index is 1.79. The Morgan fingerprint density at radius 3 is 2.55 bits per heavy atom. The van der Waals surface area contributed by atoms with Gasteiger partial charge >= 0.3 is 0 Å². The number of nitrogens with one attached hydrogen (secondary N) is 2. The maximum Gasteiger partial charge on any atom is 0.201 e. The number of rotatable bonds is 3. The van der Waals surface area contributed by atoms with Crippen molar-refractivity contribution >= 4 is 17.0 Å². The highest BCUT2D eigenvalue weighted by Gasteiger charge is 2.05. The molecule has 1 heterocycles. The molecule has 4 heteroatoms. The molecule has 0 saturated carbocycles. The van der Waals surface area contributed by atoms with Gasteiger partial charge in [0.05, 0.1) is 11.0 Å². The minimum Gasteiger partial charge on any atom is -0.352 e. The van der Waals surface area contributed by atoms with Crippen molar-refractivity contribution in [1.82, 2.24) is 9.97 Å². The molecule has 3 nitrogen and oxygen atoms in total. The van der Waals surface area contributed by atoms with E-state index in [9.17, 15) is 4.39 Å². The molecule has 0 aliphatic heterocycles. The highest BCUT2D eigenvalue weighted by Crippen LogP contribution is 2.17. The van der Waals surface area contributed by atoms with E-state index in [0.29, 0.717) is 17.7 Å². The monoisotopic (exact) mass is 269 g/mol. The van der Waals surface area contributed by atoms with E-state index in [1.807, 2.05) is 36.4 Å². The molecule has 0 bridgehead atoms. The van der Waals surface area contributed by atoms with Crippen LogP contribution in [0.2, 0.25) is 0 Å². The van der Waals surface area contributed by atoms with Crippen molar-refractivity contribution in [3.63, 3.8) is 0 Å². The molecule has 0 saturated heterocycles. The van der Waals surface area contributed by atoms with E-state index >= 15 is 0 Å². The minimum absolute atomic E-state index is 0.127. The van der Waals surface area contributed by atoms with Gasteiger partial charge in [-0.15, -0.1) is 0 Å². The van der Waals surface area contributed by atoms with Crippen molar-refractivity contribution in [2.24, 2.45) is 0 Å². The normalized spacial score (nSPS) is 10.9. The lowest BCUT2D eigenvalue weighted by atomic mass is 10.1. The number of fused-ring (bicyclic) bond motifs is 1. The number of nitrogens with zero attached hydrogens (tertiary/aromatic N) is 1. The van der Waals surface area contributed by atoms with Crippen molar-refractivity contribution in [2.45, 2.75) is 20.4 Å². The van der Waals surface area contributed by atoms with Crippen molar-refractivity contribution < 1.29 is 4.39 Å². The van der Waals surface area contributed by atoms with Gasteiger partial charge in [0.15, 0.2) is 0 Å². The summed E-state index contributed by atoms with van der Waals surface area (Å²) in [6, 6.07) is 11.6. The van der Waals surface area contributed by atoms with Crippen LogP contribution in [0.15, 0.2) is 36.4 Å². The van der Waals surface area contributed by atoms with Crippen LogP contribution in [0.1, 0.15) is 16.7 Å². The molecule has 0 radical (unpaired) electrons. The van der Waals surface area contributed by atoms with E-state index in [-0.39, 0.29) is 5.82 Å². The van der Waals surface area contributed by atoms with Gasteiger partial charge in [0.25, 0.3) is 0 Å². The van der Waals surface area contributed by atoms with Gasteiger partial charge in [0.1, 0.15) is 5.82 Å². The summed E-state index contributed by atoms with van der Waals surface area (Å²) in [5.41, 5.74) is 4.32. The third-order valence-corrected chi connectivity index (χ3v) is 3.35. The fourth-order valence-electron chi connectivity index (χ4n) is 2.36. The molecule has 20 heavy (non-hydrogen) atoms. The summed E-state index contributed by atoms with van der Waals surface area (Å²) >= 11 is 0. The Hall–Kier alpha value is -2.36. The highest BCUT2D eigenvalue weighted by molar-refractivity contribution is 5.77. The van der Waals surface area contributed by atoms with Crippen LogP contribution in [0.4, 0.5) is 10.3 Å². The number of para-hydroxylation sites is 2. The summed E-state index contributed by atoms with van der Waals surface area (Å²) in [5.74, 6) is 0.600. The van der Waals surface area contributed by atoms with Gasteiger partial charge in [0.2, 0.25) is 5.95 Å². The number of H-pyrrole nitrogens is 1. The Morgan fingerprint density at radius 2 is 1.85 bits per heavy atom. The second-order valence-electron chi connectivity index (χ2n) is 5.00. The quantitative estimate of drug-likeness (QED) is 0.756. The molecule has 0 aliphatic carbocycles. The minimum atomic E-state index is -0.127. The largest absolute Gasteiger partial charge is 0.352 e. The van der Waals surface area contributed by atoms with E-state index in [1.54, 1.807) is 13.8 Å². The Bertz CT molecular complexity index is 705. The number of hydrogen-bond acceptors (Lipinski definition) is 2. The smallest absolute Gasteiger partial charge is 0.201 e. The molecule has 102 valence electrons. The second-order valence-corrected chi connectivity index (χ2v) is 5.00. The fourth-order valence-corrected chi connectivity index (χ4v) is 2.36. The maximum absolute atomic E-state index is 13.6. The van der Waals surface area contributed by atoms with Crippen molar-refractivity contribution in [3.05, 3.63) is 58.9 Å². The van der Waals surface area contributed by atoms with Crippen LogP contribution in [0, 0.1) is 19.7 Å². The molecule has 2 aromatic carbocycles. The maximum atomic E-state index is 13.6. The molecule has 0 aliphatic rings. The van der Waals surface area contributed by atoms with Gasteiger partial charge < -0.3 is 10.3 Å². The number of benzene rings is 2. The van der Waals surface area contributed by atoms with E-state index in [0.717, 1.165) is 22.5 Å². The molecule has 3 aromatic rings. The predicted molar refractivity (Wildman–Crippen MR) is 79.3 cm³/mol. The zero-order chi connectivity index (χ0) is 14.1.